The molecule has 0 spiro atoms. The Morgan fingerprint density at radius 2 is 1.83 bits per heavy atom. The molecule has 18 heavy (non-hydrogen) atoms. The van der Waals surface area contributed by atoms with E-state index in [1.165, 1.54) is 12.8 Å². The van der Waals surface area contributed by atoms with Gasteiger partial charge in [-0.25, -0.2) is 9.97 Å². The van der Waals surface area contributed by atoms with Crippen molar-refractivity contribution in [3.63, 3.8) is 0 Å². The van der Waals surface area contributed by atoms with Crippen molar-refractivity contribution in [1.29, 1.82) is 0 Å². The Balaban J connectivity index is 2.25. The molecule has 0 bridgehead atoms. The van der Waals surface area contributed by atoms with Gasteiger partial charge in [-0.05, 0) is 45.7 Å². The lowest BCUT2D eigenvalue weighted by molar-refractivity contribution is 0.0562. The van der Waals surface area contributed by atoms with E-state index in [4.69, 9.17) is 5.73 Å². The van der Waals surface area contributed by atoms with Crippen molar-refractivity contribution >= 4 is 0 Å². The van der Waals surface area contributed by atoms with Crippen LogP contribution in [0, 0.1) is 5.92 Å². The van der Waals surface area contributed by atoms with Gasteiger partial charge in [0.15, 0.2) is 0 Å². The fourth-order valence-electron chi connectivity index (χ4n) is 3.08. The summed E-state index contributed by atoms with van der Waals surface area (Å²) in [5.74, 6) is 0.817. The van der Waals surface area contributed by atoms with Crippen LogP contribution in [0.25, 0.3) is 0 Å². The maximum atomic E-state index is 6.53. The van der Waals surface area contributed by atoms with Gasteiger partial charge in [-0.2, -0.15) is 0 Å². The van der Waals surface area contributed by atoms with Crippen molar-refractivity contribution < 1.29 is 0 Å². The summed E-state index contributed by atoms with van der Waals surface area (Å²) in [6.45, 7) is 2.33. The SMILES string of the molecule is CC1CCC(C(N)c2cncnc2)(N(C)C)CC1. The fraction of sp³-hybridized carbons (Fsp3) is 0.714. The zero-order valence-electron chi connectivity index (χ0n) is 11.6. The molecule has 1 heterocycles. The van der Waals surface area contributed by atoms with Crippen LogP contribution in [0.3, 0.4) is 0 Å². The standard InChI is InChI=1S/C14H24N4/c1-11-4-6-14(7-5-11,18(2)3)13(15)12-8-16-10-17-9-12/h8-11,13H,4-7,15H2,1-3H3. The normalized spacial score (nSPS) is 30.4. The second-order valence-corrected chi connectivity index (χ2v) is 5.83. The number of hydrogen-bond acceptors (Lipinski definition) is 4. The van der Waals surface area contributed by atoms with Gasteiger partial charge in [0, 0.05) is 23.5 Å². The predicted molar refractivity (Wildman–Crippen MR) is 73.0 cm³/mol. The van der Waals surface area contributed by atoms with Gasteiger partial charge in [0.05, 0.1) is 6.04 Å². The molecular weight excluding hydrogens is 224 g/mol. The average molecular weight is 248 g/mol. The third kappa shape index (κ3) is 2.40. The van der Waals surface area contributed by atoms with Gasteiger partial charge in [0.25, 0.3) is 0 Å². The summed E-state index contributed by atoms with van der Waals surface area (Å²) in [6.07, 6.45) is 10.1. The van der Waals surface area contributed by atoms with Crippen LogP contribution in [0.1, 0.15) is 44.2 Å². The number of nitrogens with zero attached hydrogens (tertiary/aromatic N) is 3. The minimum atomic E-state index is -0.0128. The number of likely N-dealkylation sites (N-methyl/N-ethyl adjacent to an activating group) is 1. The summed E-state index contributed by atoms with van der Waals surface area (Å²) < 4.78 is 0. The highest BCUT2D eigenvalue weighted by atomic mass is 15.2. The molecule has 1 saturated carbocycles. The number of rotatable bonds is 3. The lowest BCUT2D eigenvalue weighted by Crippen LogP contribution is -2.54. The van der Waals surface area contributed by atoms with Gasteiger partial charge in [-0.1, -0.05) is 6.92 Å². The first-order valence-corrected chi connectivity index (χ1v) is 6.74. The first-order chi connectivity index (χ1) is 8.56. The molecule has 1 aromatic heterocycles. The smallest absolute Gasteiger partial charge is 0.115 e. The second kappa shape index (κ2) is 5.33. The molecule has 4 nitrogen and oxygen atoms in total. The van der Waals surface area contributed by atoms with Crippen molar-refractivity contribution in [2.24, 2.45) is 11.7 Å². The highest BCUT2D eigenvalue weighted by molar-refractivity contribution is 5.17. The van der Waals surface area contributed by atoms with Crippen LogP contribution in [0.5, 0.6) is 0 Å². The molecule has 1 aromatic rings. The summed E-state index contributed by atoms with van der Waals surface area (Å²) in [5, 5.41) is 0. The maximum absolute atomic E-state index is 6.53. The van der Waals surface area contributed by atoms with Crippen LogP contribution < -0.4 is 5.73 Å². The lowest BCUT2D eigenvalue weighted by atomic mass is 9.71. The summed E-state index contributed by atoms with van der Waals surface area (Å²) >= 11 is 0. The Labute approximate surface area is 110 Å². The molecular formula is C14H24N4. The molecule has 0 saturated heterocycles. The van der Waals surface area contributed by atoms with Crippen LogP contribution >= 0.6 is 0 Å². The second-order valence-electron chi connectivity index (χ2n) is 5.83. The van der Waals surface area contributed by atoms with Crippen LogP contribution in [0.15, 0.2) is 18.7 Å². The average Bonchev–Trinajstić information content (AvgIpc) is 2.40. The molecule has 100 valence electrons. The van der Waals surface area contributed by atoms with Crippen molar-refractivity contribution in [3.8, 4) is 0 Å². The predicted octanol–water partition coefficient (Wildman–Crippen LogP) is 1.99. The monoisotopic (exact) mass is 248 g/mol. The zero-order chi connectivity index (χ0) is 13.2. The summed E-state index contributed by atoms with van der Waals surface area (Å²) in [6, 6.07) is -0.0128. The Morgan fingerprint density at radius 3 is 2.33 bits per heavy atom. The van der Waals surface area contributed by atoms with E-state index in [1.807, 2.05) is 12.4 Å². The van der Waals surface area contributed by atoms with E-state index >= 15 is 0 Å². The molecule has 2 rings (SSSR count). The molecule has 1 unspecified atom stereocenters. The van der Waals surface area contributed by atoms with E-state index in [2.05, 4.69) is 35.9 Å². The maximum Gasteiger partial charge on any atom is 0.115 e. The van der Waals surface area contributed by atoms with E-state index in [-0.39, 0.29) is 11.6 Å². The van der Waals surface area contributed by atoms with Gasteiger partial charge in [-0.15, -0.1) is 0 Å². The number of aromatic nitrogens is 2. The summed E-state index contributed by atoms with van der Waals surface area (Å²) in [5.41, 5.74) is 7.62. The third-order valence-corrected chi connectivity index (χ3v) is 4.55. The van der Waals surface area contributed by atoms with Crippen LogP contribution in [-0.4, -0.2) is 34.5 Å². The summed E-state index contributed by atoms with van der Waals surface area (Å²) in [4.78, 5) is 10.5. The van der Waals surface area contributed by atoms with Gasteiger partial charge in [-0.3, -0.25) is 0 Å². The van der Waals surface area contributed by atoms with Gasteiger partial charge < -0.3 is 10.6 Å². The Hall–Kier alpha value is -1.00. The first kappa shape index (κ1) is 13.4. The number of hydrogen-bond donors (Lipinski definition) is 1. The third-order valence-electron chi connectivity index (χ3n) is 4.55. The van der Waals surface area contributed by atoms with Crippen LogP contribution in [0.4, 0.5) is 0 Å². The molecule has 0 aliphatic heterocycles. The van der Waals surface area contributed by atoms with Crippen molar-refractivity contribution in [2.45, 2.75) is 44.2 Å². The van der Waals surface area contributed by atoms with E-state index in [1.54, 1.807) is 6.33 Å². The first-order valence-electron chi connectivity index (χ1n) is 6.74. The molecule has 1 fully saturated rings. The highest BCUT2D eigenvalue weighted by Crippen LogP contribution is 2.42. The lowest BCUT2D eigenvalue weighted by Gasteiger charge is -2.48. The van der Waals surface area contributed by atoms with E-state index < -0.39 is 0 Å². The van der Waals surface area contributed by atoms with E-state index in [0.717, 1.165) is 24.3 Å². The van der Waals surface area contributed by atoms with Crippen molar-refractivity contribution in [1.82, 2.24) is 14.9 Å². The zero-order valence-corrected chi connectivity index (χ0v) is 11.6. The van der Waals surface area contributed by atoms with Crippen molar-refractivity contribution in [3.05, 3.63) is 24.3 Å². The van der Waals surface area contributed by atoms with Gasteiger partial charge in [0.1, 0.15) is 6.33 Å². The van der Waals surface area contributed by atoms with E-state index in [0.29, 0.717) is 0 Å². The molecule has 0 aromatic carbocycles. The Bertz CT molecular complexity index is 369. The summed E-state index contributed by atoms with van der Waals surface area (Å²) in [7, 11) is 4.28. The highest BCUT2D eigenvalue weighted by Gasteiger charge is 2.42. The largest absolute Gasteiger partial charge is 0.322 e. The topological polar surface area (TPSA) is 55.0 Å². The Kier molecular flexibility index (Phi) is 3.97. The van der Waals surface area contributed by atoms with E-state index in [9.17, 15) is 0 Å². The molecule has 1 aliphatic rings. The van der Waals surface area contributed by atoms with Crippen molar-refractivity contribution in [2.75, 3.05) is 14.1 Å². The quantitative estimate of drug-likeness (QED) is 0.888. The minimum absolute atomic E-state index is 0.0128. The Morgan fingerprint density at radius 1 is 1.28 bits per heavy atom. The number of nitrogens with two attached hydrogens (primary N) is 1. The molecule has 2 N–H and O–H groups in total. The fourth-order valence-corrected chi connectivity index (χ4v) is 3.08. The van der Waals surface area contributed by atoms with Gasteiger partial charge >= 0.3 is 0 Å². The molecule has 0 radical (unpaired) electrons. The van der Waals surface area contributed by atoms with Crippen LogP contribution in [-0.2, 0) is 0 Å². The van der Waals surface area contributed by atoms with Crippen LogP contribution in [0.2, 0.25) is 0 Å². The molecule has 4 heteroatoms. The minimum Gasteiger partial charge on any atom is -0.322 e. The molecule has 0 amide bonds. The van der Waals surface area contributed by atoms with Gasteiger partial charge in [0.2, 0.25) is 0 Å². The molecule has 1 aliphatic carbocycles. The molecule has 1 atom stereocenters.